The minimum Gasteiger partial charge on any atom is -0.356 e. The van der Waals surface area contributed by atoms with Crippen LogP contribution >= 0.6 is 0 Å². The van der Waals surface area contributed by atoms with Gasteiger partial charge >= 0.3 is 0 Å². The Morgan fingerprint density at radius 3 is 2.88 bits per heavy atom. The molecule has 2 rings (SSSR count). The molecule has 0 radical (unpaired) electrons. The predicted molar refractivity (Wildman–Crippen MR) is 63.2 cm³/mol. The number of anilines is 1. The first-order valence-corrected chi connectivity index (χ1v) is 5.14. The van der Waals surface area contributed by atoms with E-state index in [0.717, 1.165) is 24.2 Å². The molecule has 1 aliphatic carbocycles. The number of hydrogen-bond acceptors (Lipinski definition) is 3. The maximum atomic E-state index is 10.6. The SMILES string of the molecule is O=[N+]([O-])c1cccc(NC2=CCCC=C2)c1. The molecule has 0 spiro atoms. The monoisotopic (exact) mass is 216 g/mol. The first kappa shape index (κ1) is 10.4. The normalized spacial score (nSPS) is 14.4. The van der Waals surface area contributed by atoms with E-state index in [1.807, 2.05) is 12.1 Å². The first-order chi connectivity index (χ1) is 7.75. The molecule has 0 aromatic heterocycles. The molecule has 0 heterocycles. The highest BCUT2D eigenvalue weighted by atomic mass is 16.6. The standard InChI is InChI=1S/C12H12N2O2/c15-14(16)12-8-4-7-11(9-12)13-10-5-2-1-3-6-10/h2,4-9,13H,1,3H2. The summed E-state index contributed by atoms with van der Waals surface area (Å²) in [5.74, 6) is 0. The van der Waals surface area contributed by atoms with Crippen molar-refractivity contribution < 1.29 is 4.92 Å². The lowest BCUT2D eigenvalue weighted by atomic mass is 10.1. The van der Waals surface area contributed by atoms with Crippen LogP contribution in [0.4, 0.5) is 11.4 Å². The molecule has 4 heteroatoms. The molecule has 1 aliphatic rings. The summed E-state index contributed by atoms with van der Waals surface area (Å²) >= 11 is 0. The third-order valence-corrected chi connectivity index (χ3v) is 2.34. The van der Waals surface area contributed by atoms with Crippen LogP contribution < -0.4 is 5.32 Å². The molecule has 1 N–H and O–H groups in total. The molecule has 1 aromatic rings. The molecule has 0 fully saturated rings. The summed E-state index contributed by atoms with van der Waals surface area (Å²) < 4.78 is 0. The van der Waals surface area contributed by atoms with Gasteiger partial charge in [-0.2, -0.15) is 0 Å². The van der Waals surface area contributed by atoms with E-state index in [1.54, 1.807) is 6.07 Å². The Morgan fingerprint density at radius 1 is 1.31 bits per heavy atom. The molecular formula is C12H12N2O2. The molecule has 0 bridgehead atoms. The fraction of sp³-hybridized carbons (Fsp3) is 0.167. The number of hydrogen-bond donors (Lipinski definition) is 1. The molecule has 16 heavy (non-hydrogen) atoms. The second-order valence-corrected chi connectivity index (χ2v) is 3.57. The van der Waals surface area contributed by atoms with Crippen molar-refractivity contribution in [1.29, 1.82) is 0 Å². The summed E-state index contributed by atoms with van der Waals surface area (Å²) in [5, 5.41) is 13.7. The van der Waals surface area contributed by atoms with Crippen molar-refractivity contribution in [3.8, 4) is 0 Å². The van der Waals surface area contributed by atoms with Crippen molar-refractivity contribution in [3.05, 3.63) is 58.3 Å². The highest BCUT2D eigenvalue weighted by Gasteiger charge is 2.06. The maximum absolute atomic E-state index is 10.6. The van der Waals surface area contributed by atoms with Crippen molar-refractivity contribution in [2.75, 3.05) is 5.32 Å². The largest absolute Gasteiger partial charge is 0.356 e. The highest BCUT2D eigenvalue weighted by molar-refractivity contribution is 5.56. The van der Waals surface area contributed by atoms with Crippen LogP contribution in [0, 0.1) is 10.1 Å². The number of nitro benzene ring substituents is 1. The molecule has 0 saturated heterocycles. The molecule has 82 valence electrons. The van der Waals surface area contributed by atoms with E-state index in [-0.39, 0.29) is 5.69 Å². The van der Waals surface area contributed by atoms with Crippen LogP contribution in [0.15, 0.2) is 48.2 Å². The summed E-state index contributed by atoms with van der Waals surface area (Å²) in [4.78, 5) is 10.2. The van der Waals surface area contributed by atoms with Gasteiger partial charge in [0, 0.05) is 23.5 Å². The lowest BCUT2D eigenvalue weighted by molar-refractivity contribution is -0.384. The fourth-order valence-electron chi connectivity index (χ4n) is 1.57. The smallest absolute Gasteiger partial charge is 0.271 e. The fourth-order valence-corrected chi connectivity index (χ4v) is 1.57. The highest BCUT2D eigenvalue weighted by Crippen LogP contribution is 2.20. The average Bonchev–Trinajstić information content (AvgIpc) is 2.30. The van der Waals surface area contributed by atoms with E-state index in [0.29, 0.717) is 0 Å². The van der Waals surface area contributed by atoms with Crippen LogP contribution in [-0.2, 0) is 0 Å². The maximum Gasteiger partial charge on any atom is 0.271 e. The van der Waals surface area contributed by atoms with Crippen LogP contribution in [0.3, 0.4) is 0 Å². The lowest BCUT2D eigenvalue weighted by Crippen LogP contribution is -1.99. The zero-order chi connectivity index (χ0) is 11.4. The first-order valence-electron chi connectivity index (χ1n) is 5.14. The van der Waals surface area contributed by atoms with Crippen LogP contribution in [0.1, 0.15) is 12.8 Å². The van der Waals surface area contributed by atoms with Crippen LogP contribution in [0.25, 0.3) is 0 Å². The van der Waals surface area contributed by atoms with E-state index in [4.69, 9.17) is 0 Å². The molecule has 0 amide bonds. The molecule has 0 aliphatic heterocycles. The second-order valence-electron chi connectivity index (χ2n) is 3.57. The molecule has 4 nitrogen and oxygen atoms in total. The van der Waals surface area contributed by atoms with Crippen LogP contribution in [0.2, 0.25) is 0 Å². The van der Waals surface area contributed by atoms with Gasteiger partial charge in [-0.3, -0.25) is 10.1 Å². The van der Waals surface area contributed by atoms with Gasteiger partial charge in [-0.25, -0.2) is 0 Å². The van der Waals surface area contributed by atoms with Gasteiger partial charge in [0.25, 0.3) is 5.69 Å². The summed E-state index contributed by atoms with van der Waals surface area (Å²) in [6.07, 6.45) is 8.22. The minimum absolute atomic E-state index is 0.102. The predicted octanol–water partition coefficient (Wildman–Crippen LogP) is 3.24. The Balaban J connectivity index is 2.15. The molecule has 0 atom stereocenters. The van der Waals surface area contributed by atoms with Crippen molar-refractivity contribution in [3.63, 3.8) is 0 Å². The number of non-ortho nitro benzene ring substituents is 1. The number of rotatable bonds is 3. The molecule has 1 aromatic carbocycles. The van der Waals surface area contributed by atoms with Crippen molar-refractivity contribution in [2.45, 2.75) is 12.8 Å². The van der Waals surface area contributed by atoms with Crippen LogP contribution in [0.5, 0.6) is 0 Å². The van der Waals surface area contributed by atoms with E-state index in [1.165, 1.54) is 12.1 Å². The topological polar surface area (TPSA) is 55.2 Å². The van der Waals surface area contributed by atoms with E-state index >= 15 is 0 Å². The molecule has 0 saturated carbocycles. The van der Waals surface area contributed by atoms with Gasteiger partial charge in [0.2, 0.25) is 0 Å². The summed E-state index contributed by atoms with van der Waals surface area (Å²) in [6.45, 7) is 0. The quantitative estimate of drug-likeness (QED) is 0.623. The van der Waals surface area contributed by atoms with Gasteiger partial charge in [-0.15, -0.1) is 0 Å². The van der Waals surface area contributed by atoms with Gasteiger partial charge in [0.1, 0.15) is 0 Å². The third-order valence-electron chi connectivity index (χ3n) is 2.34. The van der Waals surface area contributed by atoms with Crippen LogP contribution in [-0.4, -0.2) is 4.92 Å². The van der Waals surface area contributed by atoms with Crippen molar-refractivity contribution >= 4 is 11.4 Å². The van der Waals surface area contributed by atoms with E-state index in [9.17, 15) is 10.1 Å². The van der Waals surface area contributed by atoms with Crippen molar-refractivity contribution in [2.24, 2.45) is 0 Å². The van der Waals surface area contributed by atoms with Gasteiger partial charge in [-0.1, -0.05) is 18.2 Å². The Hall–Kier alpha value is -2.10. The van der Waals surface area contributed by atoms with Gasteiger partial charge < -0.3 is 5.32 Å². The van der Waals surface area contributed by atoms with E-state index in [2.05, 4.69) is 17.5 Å². The summed E-state index contributed by atoms with van der Waals surface area (Å²) in [5.41, 5.74) is 1.84. The van der Waals surface area contributed by atoms with Gasteiger partial charge in [0.05, 0.1) is 4.92 Å². The number of nitrogens with one attached hydrogen (secondary N) is 1. The second kappa shape index (κ2) is 4.61. The zero-order valence-electron chi connectivity index (χ0n) is 8.72. The molecule has 0 unspecified atom stereocenters. The average molecular weight is 216 g/mol. The number of nitro groups is 1. The number of benzene rings is 1. The van der Waals surface area contributed by atoms with Gasteiger partial charge in [-0.05, 0) is 25.0 Å². The van der Waals surface area contributed by atoms with E-state index < -0.39 is 4.92 Å². The minimum atomic E-state index is -0.393. The Morgan fingerprint density at radius 2 is 2.19 bits per heavy atom. The summed E-state index contributed by atoms with van der Waals surface area (Å²) in [6, 6.07) is 6.50. The number of nitrogens with zero attached hydrogens (tertiary/aromatic N) is 1. The zero-order valence-corrected chi connectivity index (χ0v) is 8.72. The Bertz CT molecular complexity index is 464. The van der Waals surface area contributed by atoms with Crippen molar-refractivity contribution in [1.82, 2.24) is 0 Å². The number of allylic oxidation sites excluding steroid dienone is 3. The lowest BCUT2D eigenvalue weighted by Gasteiger charge is -2.09. The van der Waals surface area contributed by atoms with Gasteiger partial charge in [0.15, 0.2) is 0 Å². The molecular weight excluding hydrogens is 204 g/mol. The third kappa shape index (κ3) is 2.48. The Labute approximate surface area is 93.4 Å². The summed E-state index contributed by atoms with van der Waals surface area (Å²) in [7, 11) is 0. The Kier molecular flexibility index (Phi) is 3.00.